The van der Waals surface area contributed by atoms with Crippen LogP contribution in [0.25, 0.3) is 0 Å². The van der Waals surface area contributed by atoms with E-state index >= 15 is 0 Å². The predicted molar refractivity (Wildman–Crippen MR) is 119 cm³/mol. The van der Waals surface area contributed by atoms with Crippen molar-refractivity contribution >= 4 is 11.8 Å². The van der Waals surface area contributed by atoms with Crippen molar-refractivity contribution < 1.29 is 24.2 Å². The van der Waals surface area contributed by atoms with Gasteiger partial charge in [0.15, 0.2) is 6.61 Å². The van der Waals surface area contributed by atoms with Gasteiger partial charge in [-0.3, -0.25) is 9.59 Å². The molecule has 32 heavy (non-hydrogen) atoms. The molecule has 0 aromatic heterocycles. The van der Waals surface area contributed by atoms with E-state index in [0.717, 1.165) is 19.3 Å². The second kappa shape index (κ2) is 10.5. The zero-order valence-electron chi connectivity index (χ0n) is 18.1. The standard InChI is InChI=1S/C25H30N2O5/c28-23(17-31-19-9-3-1-4-10-19)21-13-7-16-27(21)25(30)22-14-8-15-26(22)24(29)18-32-20-11-5-2-6-12-20/h1-6,9-12,21-23,28H,7-8,13-18H2/t21-,22+,23?/m0/s1. The van der Waals surface area contributed by atoms with Crippen molar-refractivity contribution in [3.8, 4) is 11.5 Å². The highest BCUT2D eigenvalue weighted by molar-refractivity contribution is 5.89. The summed E-state index contributed by atoms with van der Waals surface area (Å²) in [5.41, 5.74) is 0. The van der Waals surface area contributed by atoms with Gasteiger partial charge in [-0.05, 0) is 49.9 Å². The number of hydrogen-bond donors (Lipinski definition) is 1. The third-order valence-electron chi connectivity index (χ3n) is 6.15. The number of benzene rings is 2. The topological polar surface area (TPSA) is 79.3 Å². The van der Waals surface area contributed by atoms with Gasteiger partial charge < -0.3 is 24.4 Å². The molecular formula is C25H30N2O5. The molecule has 7 nitrogen and oxygen atoms in total. The van der Waals surface area contributed by atoms with Crippen molar-refractivity contribution in [3.05, 3.63) is 60.7 Å². The largest absolute Gasteiger partial charge is 0.491 e. The van der Waals surface area contributed by atoms with Crippen molar-refractivity contribution in [1.29, 1.82) is 0 Å². The Labute approximate surface area is 188 Å². The average Bonchev–Trinajstić information content (AvgIpc) is 3.52. The zero-order valence-corrected chi connectivity index (χ0v) is 18.1. The lowest BCUT2D eigenvalue weighted by atomic mass is 10.1. The molecule has 0 bridgehead atoms. The van der Waals surface area contributed by atoms with Crippen LogP contribution in [0.1, 0.15) is 25.7 Å². The minimum absolute atomic E-state index is 0.0863. The minimum atomic E-state index is -0.784. The lowest BCUT2D eigenvalue weighted by molar-refractivity contribution is -0.146. The van der Waals surface area contributed by atoms with Gasteiger partial charge in [-0.25, -0.2) is 0 Å². The Morgan fingerprint density at radius 2 is 1.47 bits per heavy atom. The number of likely N-dealkylation sites (tertiary alicyclic amines) is 2. The van der Waals surface area contributed by atoms with Gasteiger partial charge in [0.1, 0.15) is 30.3 Å². The van der Waals surface area contributed by atoms with Gasteiger partial charge in [0.2, 0.25) is 5.91 Å². The second-order valence-electron chi connectivity index (χ2n) is 8.28. The van der Waals surface area contributed by atoms with Crippen LogP contribution >= 0.6 is 0 Å². The number of aliphatic hydroxyl groups is 1. The number of ether oxygens (including phenoxy) is 2. The Morgan fingerprint density at radius 1 is 0.875 bits per heavy atom. The van der Waals surface area contributed by atoms with Crippen LogP contribution in [0.4, 0.5) is 0 Å². The summed E-state index contributed by atoms with van der Waals surface area (Å²) in [4.78, 5) is 29.5. The fraction of sp³-hybridized carbons (Fsp3) is 0.440. The van der Waals surface area contributed by atoms with Gasteiger partial charge in [0, 0.05) is 13.1 Å². The molecule has 2 aliphatic heterocycles. The SMILES string of the molecule is O=C(COc1ccccc1)N1CCC[C@@H]1C(=O)N1CCC[C@H]1C(O)COc1ccccc1. The fourth-order valence-electron chi connectivity index (χ4n) is 4.53. The molecule has 7 heteroatoms. The molecule has 2 fully saturated rings. The highest BCUT2D eigenvalue weighted by atomic mass is 16.5. The van der Waals surface area contributed by atoms with Gasteiger partial charge >= 0.3 is 0 Å². The van der Waals surface area contributed by atoms with E-state index in [1.807, 2.05) is 48.5 Å². The van der Waals surface area contributed by atoms with Crippen molar-refractivity contribution in [2.75, 3.05) is 26.3 Å². The maximum Gasteiger partial charge on any atom is 0.261 e. The lowest BCUT2D eigenvalue weighted by Gasteiger charge is -2.33. The predicted octanol–water partition coefficient (Wildman–Crippen LogP) is 2.49. The summed E-state index contributed by atoms with van der Waals surface area (Å²) in [5.74, 6) is 1.04. The normalized spacial score (nSPS) is 21.4. The second-order valence-corrected chi connectivity index (χ2v) is 8.28. The van der Waals surface area contributed by atoms with Crippen LogP contribution in [-0.4, -0.2) is 71.2 Å². The van der Waals surface area contributed by atoms with Crippen molar-refractivity contribution in [1.82, 2.24) is 9.80 Å². The van der Waals surface area contributed by atoms with Gasteiger partial charge in [-0.15, -0.1) is 0 Å². The van der Waals surface area contributed by atoms with Crippen LogP contribution in [-0.2, 0) is 9.59 Å². The molecule has 0 saturated carbocycles. The van der Waals surface area contributed by atoms with E-state index < -0.39 is 12.1 Å². The van der Waals surface area contributed by atoms with Gasteiger partial charge in [-0.1, -0.05) is 36.4 Å². The van der Waals surface area contributed by atoms with Crippen LogP contribution in [0.15, 0.2) is 60.7 Å². The smallest absolute Gasteiger partial charge is 0.261 e. The lowest BCUT2D eigenvalue weighted by Crippen LogP contribution is -2.53. The first-order valence-electron chi connectivity index (χ1n) is 11.3. The number of carbonyl (C=O) groups is 2. The number of nitrogens with zero attached hydrogens (tertiary/aromatic N) is 2. The fourth-order valence-corrected chi connectivity index (χ4v) is 4.53. The molecule has 0 spiro atoms. The van der Waals surface area contributed by atoms with E-state index in [1.54, 1.807) is 21.9 Å². The number of para-hydroxylation sites is 2. The molecule has 2 aromatic carbocycles. The molecule has 0 aliphatic carbocycles. The highest BCUT2D eigenvalue weighted by Gasteiger charge is 2.42. The Kier molecular flexibility index (Phi) is 7.27. The molecule has 2 aromatic rings. The first-order valence-corrected chi connectivity index (χ1v) is 11.3. The third kappa shape index (κ3) is 5.22. The first kappa shape index (κ1) is 22.1. The van der Waals surface area contributed by atoms with Gasteiger partial charge in [0.25, 0.3) is 5.91 Å². The Balaban J connectivity index is 1.34. The molecule has 2 heterocycles. The number of hydrogen-bond acceptors (Lipinski definition) is 5. The summed E-state index contributed by atoms with van der Waals surface area (Å²) in [7, 11) is 0. The van der Waals surface area contributed by atoms with E-state index in [1.165, 1.54) is 0 Å². The zero-order chi connectivity index (χ0) is 22.3. The first-order chi connectivity index (χ1) is 15.6. The van der Waals surface area contributed by atoms with E-state index in [2.05, 4.69) is 0 Å². The van der Waals surface area contributed by atoms with Gasteiger partial charge in [0.05, 0.1) is 6.04 Å². The summed E-state index contributed by atoms with van der Waals surface area (Å²) in [6, 6.07) is 17.7. The summed E-state index contributed by atoms with van der Waals surface area (Å²) >= 11 is 0. The van der Waals surface area contributed by atoms with Crippen LogP contribution in [0.5, 0.6) is 11.5 Å². The minimum Gasteiger partial charge on any atom is -0.491 e. The van der Waals surface area contributed by atoms with Crippen LogP contribution in [0.2, 0.25) is 0 Å². The number of aliphatic hydroxyl groups excluding tert-OH is 1. The van der Waals surface area contributed by atoms with E-state index in [0.29, 0.717) is 31.0 Å². The third-order valence-corrected chi connectivity index (χ3v) is 6.15. The molecule has 2 saturated heterocycles. The number of amides is 2. The molecule has 4 rings (SSSR count). The maximum absolute atomic E-state index is 13.4. The van der Waals surface area contributed by atoms with E-state index in [9.17, 15) is 14.7 Å². The van der Waals surface area contributed by atoms with Crippen LogP contribution in [0, 0.1) is 0 Å². The number of rotatable bonds is 8. The molecular weight excluding hydrogens is 408 g/mol. The molecule has 3 atom stereocenters. The van der Waals surface area contributed by atoms with E-state index in [-0.39, 0.29) is 31.1 Å². The maximum atomic E-state index is 13.4. The molecule has 170 valence electrons. The Hall–Kier alpha value is -3.06. The molecule has 1 unspecified atom stereocenters. The summed E-state index contributed by atoms with van der Waals surface area (Å²) in [6.07, 6.45) is 2.19. The highest BCUT2D eigenvalue weighted by Crippen LogP contribution is 2.27. The molecule has 1 N–H and O–H groups in total. The van der Waals surface area contributed by atoms with Crippen molar-refractivity contribution in [2.24, 2.45) is 0 Å². The molecule has 0 radical (unpaired) electrons. The summed E-state index contributed by atoms with van der Waals surface area (Å²) < 4.78 is 11.3. The van der Waals surface area contributed by atoms with Crippen LogP contribution < -0.4 is 9.47 Å². The van der Waals surface area contributed by atoms with Crippen molar-refractivity contribution in [2.45, 2.75) is 43.9 Å². The summed E-state index contributed by atoms with van der Waals surface area (Å²) in [5, 5.41) is 10.7. The monoisotopic (exact) mass is 438 g/mol. The van der Waals surface area contributed by atoms with E-state index in [4.69, 9.17) is 9.47 Å². The molecule has 2 amide bonds. The number of carbonyl (C=O) groups excluding carboxylic acids is 2. The average molecular weight is 439 g/mol. The Morgan fingerprint density at radius 3 is 2.16 bits per heavy atom. The van der Waals surface area contributed by atoms with Crippen molar-refractivity contribution in [3.63, 3.8) is 0 Å². The Bertz CT molecular complexity index is 892. The van der Waals surface area contributed by atoms with Gasteiger partial charge in [-0.2, -0.15) is 0 Å². The quantitative estimate of drug-likeness (QED) is 0.685. The molecule has 2 aliphatic rings. The summed E-state index contributed by atoms with van der Waals surface area (Å²) in [6.45, 7) is 1.16. The van der Waals surface area contributed by atoms with Crippen LogP contribution in [0.3, 0.4) is 0 Å².